The van der Waals surface area contributed by atoms with Crippen molar-refractivity contribution in [3.63, 3.8) is 0 Å². The standard InChI is InChI=1S/C23H26BrNO3S/c1-3-4-5-6-21-22(26)12-9-18-14-20(13-16(2)23(18)21)25-29(27,28)15-17-7-10-19(24)11-8-17/h3,7-8,10-11,13-14,21,25H,1,4-6,9,12,15H2,2H3. The number of rotatable bonds is 8. The molecule has 0 bridgehead atoms. The van der Waals surface area contributed by atoms with Gasteiger partial charge in [-0.2, -0.15) is 0 Å². The summed E-state index contributed by atoms with van der Waals surface area (Å²) < 4.78 is 28.9. The molecule has 0 amide bonds. The number of Topliss-reactive ketones (excluding diaryl/α,β-unsaturated/α-hetero) is 1. The molecule has 0 saturated heterocycles. The van der Waals surface area contributed by atoms with E-state index in [9.17, 15) is 13.2 Å². The number of allylic oxidation sites excluding steroid dienone is 1. The zero-order valence-electron chi connectivity index (χ0n) is 16.6. The number of hydrogen-bond acceptors (Lipinski definition) is 3. The number of carbonyl (C=O) groups is 1. The monoisotopic (exact) mass is 475 g/mol. The van der Waals surface area contributed by atoms with Crippen LogP contribution in [0.5, 0.6) is 0 Å². The van der Waals surface area contributed by atoms with E-state index in [0.29, 0.717) is 18.5 Å². The molecule has 0 fully saturated rings. The topological polar surface area (TPSA) is 63.2 Å². The molecule has 0 aliphatic heterocycles. The summed E-state index contributed by atoms with van der Waals surface area (Å²) in [5.41, 5.74) is 4.43. The molecule has 1 aliphatic rings. The molecule has 2 aromatic rings. The molecule has 0 radical (unpaired) electrons. The van der Waals surface area contributed by atoms with Crippen molar-refractivity contribution >= 4 is 37.4 Å². The second kappa shape index (κ2) is 9.26. The van der Waals surface area contributed by atoms with E-state index >= 15 is 0 Å². The second-order valence-corrected chi connectivity index (χ2v) is 10.2. The molecule has 3 rings (SSSR count). The number of aryl methyl sites for hydroxylation is 2. The molecule has 154 valence electrons. The molecule has 0 heterocycles. The van der Waals surface area contributed by atoms with Gasteiger partial charge in [-0.15, -0.1) is 6.58 Å². The summed E-state index contributed by atoms with van der Waals surface area (Å²) in [4.78, 5) is 12.5. The predicted molar refractivity (Wildman–Crippen MR) is 122 cm³/mol. The van der Waals surface area contributed by atoms with Crippen LogP contribution in [0.25, 0.3) is 0 Å². The molecule has 1 N–H and O–H groups in total. The van der Waals surface area contributed by atoms with E-state index in [1.807, 2.05) is 37.3 Å². The quantitative estimate of drug-likeness (QED) is 0.395. The molecule has 2 aromatic carbocycles. The average Bonchev–Trinajstić information content (AvgIpc) is 2.65. The molecule has 6 heteroatoms. The van der Waals surface area contributed by atoms with Gasteiger partial charge in [-0.1, -0.05) is 34.1 Å². The molecule has 1 atom stereocenters. The molecule has 0 saturated carbocycles. The molecule has 1 aliphatic carbocycles. The first-order valence-electron chi connectivity index (χ1n) is 9.81. The van der Waals surface area contributed by atoms with Crippen molar-refractivity contribution < 1.29 is 13.2 Å². The van der Waals surface area contributed by atoms with E-state index in [1.54, 1.807) is 12.1 Å². The molecule has 0 aromatic heterocycles. The first-order valence-corrected chi connectivity index (χ1v) is 12.3. The first-order chi connectivity index (χ1) is 13.8. The van der Waals surface area contributed by atoms with Crippen LogP contribution in [0.2, 0.25) is 0 Å². The minimum atomic E-state index is -3.53. The number of sulfonamides is 1. The van der Waals surface area contributed by atoms with Crippen LogP contribution in [0.15, 0.2) is 53.5 Å². The van der Waals surface area contributed by atoms with Gasteiger partial charge in [0.25, 0.3) is 0 Å². The Balaban J connectivity index is 1.81. The van der Waals surface area contributed by atoms with Crippen LogP contribution < -0.4 is 4.72 Å². The Hall–Kier alpha value is -1.92. The fourth-order valence-electron chi connectivity index (χ4n) is 4.02. The lowest BCUT2D eigenvalue weighted by molar-refractivity contribution is -0.121. The summed E-state index contributed by atoms with van der Waals surface area (Å²) in [5, 5.41) is 0. The fraction of sp³-hybridized carbons (Fsp3) is 0.348. The van der Waals surface area contributed by atoms with Crippen molar-refractivity contribution in [2.45, 2.75) is 50.7 Å². The Morgan fingerprint density at radius 1 is 1.21 bits per heavy atom. The zero-order chi connectivity index (χ0) is 21.0. The average molecular weight is 476 g/mol. The lowest BCUT2D eigenvalue weighted by Gasteiger charge is -2.27. The van der Waals surface area contributed by atoms with Crippen molar-refractivity contribution in [3.8, 4) is 0 Å². The minimum absolute atomic E-state index is 0.0842. The maximum atomic E-state index is 12.6. The van der Waals surface area contributed by atoms with Gasteiger partial charge in [0.05, 0.1) is 5.75 Å². The van der Waals surface area contributed by atoms with Gasteiger partial charge >= 0.3 is 0 Å². The van der Waals surface area contributed by atoms with E-state index in [0.717, 1.165) is 46.0 Å². The van der Waals surface area contributed by atoms with Crippen LogP contribution in [0.4, 0.5) is 5.69 Å². The summed E-state index contributed by atoms with van der Waals surface area (Å²) in [6, 6.07) is 11.0. The number of unbranched alkanes of at least 4 members (excludes halogenated alkanes) is 1. The minimum Gasteiger partial charge on any atom is -0.299 e. The van der Waals surface area contributed by atoms with Crippen LogP contribution in [-0.2, 0) is 27.0 Å². The molecule has 1 unspecified atom stereocenters. The zero-order valence-corrected chi connectivity index (χ0v) is 19.0. The van der Waals surface area contributed by atoms with Crippen molar-refractivity contribution in [1.29, 1.82) is 0 Å². The largest absolute Gasteiger partial charge is 0.299 e. The van der Waals surface area contributed by atoms with Crippen LogP contribution >= 0.6 is 15.9 Å². The van der Waals surface area contributed by atoms with Gasteiger partial charge in [0.1, 0.15) is 5.78 Å². The van der Waals surface area contributed by atoms with Crippen LogP contribution in [0.1, 0.15) is 53.9 Å². The Bertz CT molecular complexity index is 1010. The van der Waals surface area contributed by atoms with Crippen LogP contribution in [0.3, 0.4) is 0 Å². The summed E-state index contributed by atoms with van der Waals surface area (Å²) in [6.07, 6.45) is 5.69. The number of carbonyl (C=O) groups excluding carboxylic acids is 1. The second-order valence-electron chi connectivity index (χ2n) is 7.59. The third kappa shape index (κ3) is 5.58. The number of nitrogens with one attached hydrogen (secondary N) is 1. The Morgan fingerprint density at radius 2 is 1.93 bits per heavy atom. The number of hydrogen-bond donors (Lipinski definition) is 1. The van der Waals surface area contributed by atoms with E-state index in [1.165, 1.54) is 0 Å². The highest BCUT2D eigenvalue weighted by atomic mass is 79.9. The Kier molecular flexibility index (Phi) is 6.96. The number of anilines is 1. The third-order valence-electron chi connectivity index (χ3n) is 5.29. The number of fused-ring (bicyclic) bond motifs is 1. The maximum Gasteiger partial charge on any atom is 0.236 e. The molecule has 0 spiro atoms. The lowest BCUT2D eigenvalue weighted by Crippen LogP contribution is -2.22. The summed E-state index contributed by atoms with van der Waals surface area (Å²) in [5.74, 6) is 0.111. The third-order valence-corrected chi connectivity index (χ3v) is 7.08. The number of ketones is 1. The molecule has 4 nitrogen and oxygen atoms in total. The normalized spacial score (nSPS) is 16.3. The van der Waals surface area contributed by atoms with Gasteiger partial charge in [0, 0.05) is 22.5 Å². The summed E-state index contributed by atoms with van der Waals surface area (Å²) in [7, 11) is -3.53. The van der Waals surface area contributed by atoms with Gasteiger partial charge < -0.3 is 0 Å². The highest BCUT2D eigenvalue weighted by Crippen LogP contribution is 2.37. The highest BCUT2D eigenvalue weighted by molar-refractivity contribution is 9.10. The van der Waals surface area contributed by atoms with Gasteiger partial charge in [-0.25, -0.2) is 8.42 Å². The van der Waals surface area contributed by atoms with Gasteiger partial charge in [0.15, 0.2) is 0 Å². The van der Waals surface area contributed by atoms with E-state index in [2.05, 4.69) is 27.2 Å². The van der Waals surface area contributed by atoms with Crippen molar-refractivity contribution in [2.24, 2.45) is 0 Å². The van der Waals surface area contributed by atoms with Gasteiger partial charge in [-0.05, 0) is 79.1 Å². The highest BCUT2D eigenvalue weighted by Gasteiger charge is 2.29. The maximum absolute atomic E-state index is 12.6. The van der Waals surface area contributed by atoms with E-state index in [-0.39, 0.29) is 17.5 Å². The lowest BCUT2D eigenvalue weighted by atomic mass is 9.77. The van der Waals surface area contributed by atoms with Crippen molar-refractivity contribution in [2.75, 3.05) is 4.72 Å². The predicted octanol–water partition coefficient (Wildman–Crippen LogP) is 5.65. The summed E-state index contributed by atoms with van der Waals surface area (Å²) >= 11 is 3.36. The van der Waals surface area contributed by atoms with Crippen molar-refractivity contribution in [1.82, 2.24) is 0 Å². The SMILES string of the molecule is C=CCCCC1C(=O)CCc2cc(NS(=O)(=O)Cc3ccc(Br)cc3)cc(C)c21. The fourth-order valence-corrected chi connectivity index (χ4v) is 5.46. The van der Waals surface area contributed by atoms with Crippen LogP contribution in [-0.4, -0.2) is 14.2 Å². The van der Waals surface area contributed by atoms with Gasteiger partial charge in [0.2, 0.25) is 10.0 Å². The van der Waals surface area contributed by atoms with Crippen molar-refractivity contribution in [3.05, 3.63) is 75.8 Å². The molecular weight excluding hydrogens is 450 g/mol. The first kappa shape index (κ1) is 21.8. The number of benzene rings is 2. The van der Waals surface area contributed by atoms with Crippen LogP contribution in [0, 0.1) is 6.92 Å². The van der Waals surface area contributed by atoms with Gasteiger partial charge in [-0.3, -0.25) is 9.52 Å². The Morgan fingerprint density at radius 3 is 2.62 bits per heavy atom. The molecule has 29 heavy (non-hydrogen) atoms. The van der Waals surface area contributed by atoms with E-state index in [4.69, 9.17) is 0 Å². The summed E-state index contributed by atoms with van der Waals surface area (Å²) in [6.45, 7) is 5.71. The number of halogens is 1. The molecular formula is C23H26BrNO3S. The smallest absolute Gasteiger partial charge is 0.236 e. The Labute approximate surface area is 181 Å². The van der Waals surface area contributed by atoms with E-state index < -0.39 is 10.0 Å².